The molecule has 1 unspecified atom stereocenters. The Hall–Kier alpha value is -2.27. The van der Waals surface area contributed by atoms with Gasteiger partial charge in [-0.25, -0.2) is 14.6 Å². The molecule has 0 bridgehead atoms. The zero-order valence-corrected chi connectivity index (χ0v) is 15.8. The summed E-state index contributed by atoms with van der Waals surface area (Å²) in [6.07, 6.45) is 0. The van der Waals surface area contributed by atoms with Gasteiger partial charge in [0.2, 0.25) is 0 Å². The van der Waals surface area contributed by atoms with Gasteiger partial charge in [0.05, 0.1) is 29.4 Å². The Kier molecular flexibility index (Phi) is 4.37. The summed E-state index contributed by atoms with van der Waals surface area (Å²) in [5, 5.41) is 15.2. The number of aliphatic hydroxyl groups excluding tert-OH is 1. The van der Waals surface area contributed by atoms with Crippen molar-refractivity contribution < 1.29 is 5.11 Å². The molecule has 1 N–H and O–H groups in total. The van der Waals surface area contributed by atoms with Gasteiger partial charge < -0.3 is 5.11 Å². The maximum atomic E-state index is 9.69. The van der Waals surface area contributed by atoms with Gasteiger partial charge in [0.1, 0.15) is 5.82 Å². The average Bonchev–Trinajstić information content (AvgIpc) is 2.92. The largest absolute Gasteiger partial charge is 0.390 e. The van der Waals surface area contributed by atoms with Crippen molar-refractivity contribution in [3.8, 4) is 0 Å². The van der Waals surface area contributed by atoms with E-state index in [-0.39, 0.29) is 18.1 Å². The highest BCUT2D eigenvalue weighted by Crippen LogP contribution is 2.28. The van der Waals surface area contributed by atoms with Crippen LogP contribution < -0.4 is 0 Å². The molecule has 5 nitrogen and oxygen atoms in total. The molecule has 1 aromatic carbocycles. The number of rotatable bonds is 3. The minimum atomic E-state index is -0.119. The molecule has 0 aliphatic carbocycles. The number of hydrogen-bond acceptors (Lipinski definition) is 4. The molecule has 0 radical (unpaired) electrons. The maximum absolute atomic E-state index is 9.69. The lowest BCUT2D eigenvalue weighted by Crippen LogP contribution is -2.13. The van der Waals surface area contributed by atoms with Gasteiger partial charge in [0, 0.05) is 0 Å². The topological polar surface area (TPSA) is 63.8 Å². The van der Waals surface area contributed by atoms with Gasteiger partial charge in [0.25, 0.3) is 0 Å². The molecule has 3 aromatic rings. The van der Waals surface area contributed by atoms with Gasteiger partial charge in [-0.2, -0.15) is 5.10 Å². The number of aliphatic hydroxyl groups is 1. The standard InChI is InChI=1S/C20H26N4O/c1-12-18-17(11-25)23-24(19(18)22-14(3)21-12)13(2)15-7-9-16(10-8-15)20(4,5)6/h7-10,13,25H,11H2,1-6H3. The molecule has 0 aliphatic heterocycles. The molecule has 0 fully saturated rings. The second-order valence-electron chi connectivity index (χ2n) is 7.65. The summed E-state index contributed by atoms with van der Waals surface area (Å²) in [4.78, 5) is 9.01. The molecule has 132 valence electrons. The second-order valence-corrected chi connectivity index (χ2v) is 7.65. The molecule has 1 atom stereocenters. The molecule has 2 aromatic heterocycles. The summed E-state index contributed by atoms with van der Waals surface area (Å²) in [5.41, 5.74) is 4.86. The number of benzene rings is 1. The van der Waals surface area contributed by atoms with Crippen LogP contribution in [-0.2, 0) is 12.0 Å². The van der Waals surface area contributed by atoms with Crippen molar-refractivity contribution in [3.05, 3.63) is 52.6 Å². The highest BCUT2D eigenvalue weighted by molar-refractivity contribution is 5.81. The summed E-state index contributed by atoms with van der Waals surface area (Å²) in [7, 11) is 0. The first-order chi connectivity index (χ1) is 11.7. The number of aryl methyl sites for hydroxylation is 2. The van der Waals surface area contributed by atoms with Gasteiger partial charge in [-0.05, 0) is 37.3 Å². The zero-order valence-electron chi connectivity index (χ0n) is 15.8. The van der Waals surface area contributed by atoms with E-state index in [1.807, 2.05) is 18.5 Å². The Bertz CT molecular complexity index is 904. The summed E-state index contributed by atoms with van der Waals surface area (Å²) in [6.45, 7) is 12.4. The van der Waals surface area contributed by atoms with Crippen molar-refractivity contribution >= 4 is 11.0 Å². The van der Waals surface area contributed by atoms with Crippen LogP contribution in [0.1, 0.15) is 62.1 Å². The van der Waals surface area contributed by atoms with E-state index in [1.165, 1.54) is 5.56 Å². The van der Waals surface area contributed by atoms with Gasteiger partial charge >= 0.3 is 0 Å². The van der Waals surface area contributed by atoms with Crippen LogP contribution in [-0.4, -0.2) is 24.9 Å². The molecule has 25 heavy (non-hydrogen) atoms. The Morgan fingerprint density at radius 1 is 1.08 bits per heavy atom. The van der Waals surface area contributed by atoms with Crippen LogP contribution in [0.15, 0.2) is 24.3 Å². The van der Waals surface area contributed by atoms with Crippen molar-refractivity contribution in [1.82, 2.24) is 19.7 Å². The Balaban J connectivity index is 2.10. The molecule has 0 amide bonds. The van der Waals surface area contributed by atoms with Gasteiger partial charge in [-0.15, -0.1) is 0 Å². The summed E-state index contributed by atoms with van der Waals surface area (Å²) in [5.74, 6) is 0.714. The fourth-order valence-electron chi connectivity index (χ4n) is 3.21. The maximum Gasteiger partial charge on any atom is 0.162 e. The van der Waals surface area contributed by atoms with E-state index < -0.39 is 0 Å². The van der Waals surface area contributed by atoms with E-state index in [1.54, 1.807) is 0 Å². The molecule has 0 aliphatic rings. The summed E-state index contributed by atoms with van der Waals surface area (Å²) >= 11 is 0. The first-order valence-corrected chi connectivity index (χ1v) is 8.66. The minimum absolute atomic E-state index is 0.0190. The number of hydrogen-bond donors (Lipinski definition) is 1. The van der Waals surface area contributed by atoms with Gasteiger partial charge in [-0.3, -0.25) is 0 Å². The third-order valence-electron chi connectivity index (χ3n) is 4.69. The molecule has 3 rings (SSSR count). The summed E-state index contributed by atoms with van der Waals surface area (Å²) < 4.78 is 1.90. The van der Waals surface area contributed by atoms with Crippen molar-refractivity contribution in [3.63, 3.8) is 0 Å². The van der Waals surface area contributed by atoms with Crippen molar-refractivity contribution in [2.24, 2.45) is 0 Å². The Labute approximate surface area is 148 Å². The van der Waals surface area contributed by atoms with E-state index in [9.17, 15) is 5.11 Å². The number of nitrogens with zero attached hydrogens (tertiary/aromatic N) is 4. The Morgan fingerprint density at radius 3 is 2.28 bits per heavy atom. The van der Waals surface area contributed by atoms with Gasteiger partial charge in [0.15, 0.2) is 5.65 Å². The van der Waals surface area contributed by atoms with Crippen molar-refractivity contribution in [2.45, 2.75) is 59.6 Å². The van der Waals surface area contributed by atoms with Crippen LogP contribution in [0, 0.1) is 13.8 Å². The van der Waals surface area contributed by atoms with Crippen molar-refractivity contribution in [2.75, 3.05) is 0 Å². The monoisotopic (exact) mass is 338 g/mol. The lowest BCUT2D eigenvalue weighted by molar-refractivity contribution is 0.276. The highest BCUT2D eigenvalue weighted by Gasteiger charge is 2.20. The predicted octanol–water partition coefficient (Wildman–Crippen LogP) is 3.84. The lowest BCUT2D eigenvalue weighted by Gasteiger charge is -2.20. The smallest absolute Gasteiger partial charge is 0.162 e. The second kappa shape index (κ2) is 6.23. The number of aromatic nitrogens is 4. The van der Waals surface area contributed by atoms with Crippen LogP contribution >= 0.6 is 0 Å². The first kappa shape index (κ1) is 17.5. The van der Waals surface area contributed by atoms with E-state index in [0.29, 0.717) is 11.5 Å². The van der Waals surface area contributed by atoms with Crippen molar-refractivity contribution in [1.29, 1.82) is 0 Å². The fraction of sp³-hybridized carbons (Fsp3) is 0.450. The third-order valence-corrected chi connectivity index (χ3v) is 4.69. The van der Waals surface area contributed by atoms with Crippen LogP contribution in [0.4, 0.5) is 0 Å². The fourth-order valence-corrected chi connectivity index (χ4v) is 3.21. The molecular weight excluding hydrogens is 312 g/mol. The molecule has 0 saturated heterocycles. The first-order valence-electron chi connectivity index (χ1n) is 8.66. The molecule has 2 heterocycles. The van der Waals surface area contributed by atoms with Gasteiger partial charge in [-0.1, -0.05) is 45.0 Å². The predicted molar refractivity (Wildman–Crippen MR) is 99.7 cm³/mol. The van der Waals surface area contributed by atoms with Crippen LogP contribution in [0.25, 0.3) is 11.0 Å². The molecule has 5 heteroatoms. The normalized spacial score (nSPS) is 13.4. The quantitative estimate of drug-likeness (QED) is 0.788. The summed E-state index contributed by atoms with van der Waals surface area (Å²) in [6, 6.07) is 8.67. The average molecular weight is 338 g/mol. The van der Waals surface area contributed by atoms with Crippen LogP contribution in [0.5, 0.6) is 0 Å². The van der Waals surface area contributed by atoms with E-state index >= 15 is 0 Å². The van der Waals surface area contributed by atoms with E-state index in [2.05, 4.69) is 67.0 Å². The number of fused-ring (bicyclic) bond motifs is 1. The van der Waals surface area contributed by atoms with Crippen LogP contribution in [0.2, 0.25) is 0 Å². The highest BCUT2D eigenvalue weighted by atomic mass is 16.3. The molecule has 0 spiro atoms. The molecule has 0 saturated carbocycles. The minimum Gasteiger partial charge on any atom is -0.390 e. The van der Waals surface area contributed by atoms with E-state index in [4.69, 9.17) is 0 Å². The van der Waals surface area contributed by atoms with Crippen LogP contribution in [0.3, 0.4) is 0 Å². The Morgan fingerprint density at radius 2 is 1.72 bits per heavy atom. The zero-order chi connectivity index (χ0) is 18.4. The lowest BCUT2D eigenvalue weighted by atomic mass is 9.86. The SMILES string of the molecule is Cc1nc(C)c2c(CO)nn(C(C)c3ccc(C(C)(C)C)cc3)c2n1. The van der Waals surface area contributed by atoms with E-state index in [0.717, 1.165) is 22.3 Å². The third kappa shape index (κ3) is 3.16. The molecular formula is C20H26N4O.